The Labute approximate surface area is 401 Å². The highest BCUT2D eigenvalue weighted by Gasteiger charge is 2.33. The summed E-state index contributed by atoms with van der Waals surface area (Å²) in [7, 11) is 1.45. The Hall–Kier alpha value is -7.44. The Morgan fingerprint density at radius 3 is 2.32 bits per heavy atom. The highest BCUT2D eigenvalue weighted by Crippen LogP contribution is 2.38. The van der Waals surface area contributed by atoms with Gasteiger partial charge in [-0.1, -0.05) is 17.7 Å². The van der Waals surface area contributed by atoms with Gasteiger partial charge in [-0.05, 0) is 91.7 Å². The summed E-state index contributed by atoms with van der Waals surface area (Å²) < 4.78 is 34.9. The molecule has 1 unspecified atom stereocenters. The number of hydrogen-bond acceptors (Lipinski definition) is 14. The Morgan fingerprint density at radius 2 is 1.62 bits per heavy atom. The summed E-state index contributed by atoms with van der Waals surface area (Å²) in [6, 6.07) is 24.4. The van der Waals surface area contributed by atoms with Crippen molar-refractivity contribution in [1.82, 2.24) is 15.2 Å². The van der Waals surface area contributed by atoms with E-state index in [9.17, 15) is 28.8 Å². The zero-order chi connectivity index (χ0) is 48.9. The fourth-order valence-electron chi connectivity index (χ4n) is 7.57. The van der Waals surface area contributed by atoms with E-state index in [4.69, 9.17) is 45.4 Å². The number of carbonyl (C=O) groups excluding carboxylic acids is 5. The first kappa shape index (κ1) is 49.5. The van der Waals surface area contributed by atoms with Crippen molar-refractivity contribution >= 4 is 58.2 Å². The van der Waals surface area contributed by atoms with E-state index in [0.29, 0.717) is 108 Å². The minimum atomic E-state index is -0.832. The number of nitrogens with zero attached hydrogens (tertiary/aromatic N) is 2. The molecule has 1 atom stereocenters. The van der Waals surface area contributed by atoms with Crippen LogP contribution in [0.15, 0.2) is 106 Å². The van der Waals surface area contributed by atoms with Crippen LogP contribution in [-0.2, 0) is 23.8 Å². The summed E-state index contributed by atoms with van der Waals surface area (Å²) in [5.74, 6) is -1.03. The minimum absolute atomic E-state index is 0.0790. The third kappa shape index (κ3) is 12.6. The molecule has 4 aromatic carbocycles. The lowest BCUT2D eigenvalue weighted by Crippen LogP contribution is -2.53. The largest absolute Gasteiger partial charge is 0.493 e. The maximum absolute atomic E-state index is 13.6. The molecule has 4 N–H and O–H groups in total. The fourth-order valence-corrected chi connectivity index (χ4v) is 7.85. The first-order chi connectivity index (χ1) is 33.4. The molecule has 0 radical (unpaired) electrons. The molecule has 3 heterocycles. The molecule has 2 aromatic heterocycles. The molecule has 358 valence electrons. The van der Waals surface area contributed by atoms with Gasteiger partial charge >= 0.3 is 0 Å². The second-order valence-electron chi connectivity index (χ2n) is 15.7. The standard InChI is InChI=1S/C51H50ClN5O12/c1-3-67-45-29-47-40(27-38(45)32-22-33(24-34(23-32)49(53)61)42-6-4-5-13-55-42)44(59)28-46(69-47)37-10-8-35(25-41(37)52)54-14-15-64-16-17-65-18-19-66-20-21-68-36-9-7-31(30-58)39(26-36)51(63)57(2)43-11-12-48(60)56-50(43)62/h4-10,13,22-30,43,54H,3,11-12,14-21H2,1-2H3,(H2,53,61)(H,56,60,62). The van der Waals surface area contributed by atoms with Gasteiger partial charge in [-0.2, -0.15) is 0 Å². The molecular weight excluding hydrogens is 910 g/mol. The van der Waals surface area contributed by atoms with Crippen molar-refractivity contribution < 1.29 is 52.1 Å². The van der Waals surface area contributed by atoms with Gasteiger partial charge in [-0.25, -0.2) is 0 Å². The fraction of sp³-hybridized carbons (Fsp3) is 0.275. The molecule has 6 aromatic rings. The van der Waals surface area contributed by atoms with Gasteiger partial charge in [0.15, 0.2) is 11.7 Å². The van der Waals surface area contributed by atoms with Gasteiger partial charge in [-0.15, -0.1) is 0 Å². The number of anilines is 1. The van der Waals surface area contributed by atoms with Crippen LogP contribution in [0, 0.1) is 0 Å². The van der Waals surface area contributed by atoms with Crippen molar-refractivity contribution in [1.29, 1.82) is 0 Å². The van der Waals surface area contributed by atoms with Gasteiger partial charge < -0.3 is 44.1 Å². The van der Waals surface area contributed by atoms with Crippen LogP contribution in [0.3, 0.4) is 0 Å². The Morgan fingerprint density at radius 1 is 0.870 bits per heavy atom. The number of hydrogen-bond donors (Lipinski definition) is 3. The summed E-state index contributed by atoms with van der Waals surface area (Å²) in [6.45, 7) is 4.83. The number of imide groups is 1. The number of primary amides is 1. The summed E-state index contributed by atoms with van der Waals surface area (Å²) >= 11 is 6.73. The number of rotatable bonds is 23. The maximum Gasteiger partial charge on any atom is 0.255 e. The Balaban J connectivity index is 0.836. The van der Waals surface area contributed by atoms with Crippen molar-refractivity contribution in [3.8, 4) is 45.2 Å². The van der Waals surface area contributed by atoms with Crippen LogP contribution in [0.4, 0.5) is 5.69 Å². The van der Waals surface area contributed by atoms with Crippen LogP contribution in [0.2, 0.25) is 5.02 Å². The van der Waals surface area contributed by atoms with E-state index in [1.165, 1.54) is 30.1 Å². The lowest BCUT2D eigenvalue weighted by atomic mass is 9.96. The number of benzene rings is 4. The average Bonchev–Trinajstić information content (AvgIpc) is 3.35. The highest BCUT2D eigenvalue weighted by atomic mass is 35.5. The second-order valence-corrected chi connectivity index (χ2v) is 16.1. The molecule has 0 spiro atoms. The van der Waals surface area contributed by atoms with Crippen molar-refractivity contribution in [3.05, 3.63) is 129 Å². The molecule has 18 heteroatoms. The number of aldehydes is 1. The van der Waals surface area contributed by atoms with Crippen LogP contribution in [0.1, 0.15) is 50.8 Å². The molecule has 4 amide bonds. The van der Waals surface area contributed by atoms with E-state index >= 15 is 0 Å². The van der Waals surface area contributed by atoms with Gasteiger partial charge in [0, 0.05) is 71.8 Å². The second kappa shape index (κ2) is 23.5. The molecule has 0 saturated carbocycles. The molecule has 7 rings (SSSR count). The molecule has 17 nitrogen and oxygen atoms in total. The van der Waals surface area contributed by atoms with Crippen molar-refractivity contribution in [3.63, 3.8) is 0 Å². The van der Waals surface area contributed by atoms with Crippen LogP contribution >= 0.6 is 11.6 Å². The average molecular weight is 960 g/mol. The quantitative estimate of drug-likeness (QED) is 0.0351. The molecule has 1 saturated heterocycles. The molecular formula is C51H50ClN5O12. The van der Waals surface area contributed by atoms with Crippen LogP contribution in [0.5, 0.6) is 11.5 Å². The topological polar surface area (TPSA) is 228 Å². The number of amides is 4. The number of fused-ring (bicyclic) bond motifs is 1. The van der Waals surface area contributed by atoms with Gasteiger partial charge in [0.1, 0.15) is 35.5 Å². The maximum atomic E-state index is 13.6. The first-order valence-corrected chi connectivity index (χ1v) is 22.5. The molecule has 1 aliphatic rings. The van der Waals surface area contributed by atoms with E-state index in [1.807, 2.05) is 31.2 Å². The molecule has 1 fully saturated rings. The predicted octanol–water partition coefficient (Wildman–Crippen LogP) is 6.57. The third-order valence-electron chi connectivity index (χ3n) is 11.0. The first-order valence-electron chi connectivity index (χ1n) is 22.1. The number of nitrogens with one attached hydrogen (secondary N) is 2. The van der Waals surface area contributed by atoms with Crippen molar-refractivity contribution in [2.75, 3.05) is 71.8 Å². The normalized spacial score (nSPS) is 13.5. The van der Waals surface area contributed by atoms with Crippen LogP contribution in [0.25, 0.3) is 44.7 Å². The van der Waals surface area contributed by atoms with Crippen molar-refractivity contribution in [2.45, 2.75) is 25.8 Å². The third-order valence-corrected chi connectivity index (χ3v) is 11.4. The van der Waals surface area contributed by atoms with Crippen molar-refractivity contribution in [2.24, 2.45) is 5.73 Å². The SMILES string of the molecule is CCOc1cc2oc(-c3ccc(NCCOCCOCCOCCOc4ccc(C=O)c(C(=O)N(C)C5CCC(=O)NC5=O)c4)cc3Cl)cc(=O)c2cc1-c1cc(C(N)=O)cc(-c2ccccn2)c1. The van der Waals surface area contributed by atoms with E-state index in [-0.39, 0.29) is 53.9 Å². The van der Waals surface area contributed by atoms with Gasteiger partial charge in [0.05, 0.1) is 67.9 Å². The summed E-state index contributed by atoms with van der Waals surface area (Å²) in [6.07, 6.45) is 2.52. The Kier molecular flexibility index (Phi) is 16.9. The van der Waals surface area contributed by atoms with E-state index in [1.54, 1.807) is 54.7 Å². The number of likely N-dealkylation sites (N-methyl/N-ethyl adjacent to an activating group) is 1. The lowest BCUT2D eigenvalue weighted by Gasteiger charge is -2.30. The smallest absolute Gasteiger partial charge is 0.255 e. The van der Waals surface area contributed by atoms with E-state index in [0.717, 1.165) is 5.69 Å². The number of carbonyl (C=O) groups is 5. The lowest BCUT2D eigenvalue weighted by molar-refractivity contribution is -0.136. The van der Waals surface area contributed by atoms with Gasteiger partial charge in [-0.3, -0.25) is 39.1 Å². The molecule has 1 aliphatic heterocycles. The number of ether oxygens (including phenoxy) is 5. The minimum Gasteiger partial charge on any atom is -0.493 e. The van der Waals surface area contributed by atoms with Gasteiger partial charge in [0.2, 0.25) is 17.7 Å². The summed E-state index contributed by atoms with van der Waals surface area (Å²) in [5, 5.41) is 6.17. The van der Waals surface area contributed by atoms with Crippen LogP contribution < -0.4 is 31.3 Å². The molecule has 69 heavy (non-hydrogen) atoms. The van der Waals surface area contributed by atoms with E-state index in [2.05, 4.69) is 15.6 Å². The molecule has 0 aliphatic carbocycles. The van der Waals surface area contributed by atoms with Crippen LogP contribution in [-0.4, -0.2) is 112 Å². The predicted molar refractivity (Wildman–Crippen MR) is 258 cm³/mol. The monoisotopic (exact) mass is 959 g/mol. The number of pyridine rings is 1. The van der Waals surface area contributed by atoms with Gasteiger partial charge in [0.25, 0.3) is 5.91 Å². The van der Waals surface area contributed by atoms with E-state index < -0.39 is 29.7 Å². The summed E-state index contributed by atoms with van der Waals surface area (Å²) in [4.78, 5) is 80.3. The summed E-state index contributed by atoms with van der Waals surface area (Å²) in [5.41, 5.74) is 10.00. The zero-order valence-corrected chi connectivity index (χ0v) is 38.7. The number of aromatic nitrogens is 1. The highest BCUT2D eigenvalue weighted by molar-refractivity contribution is 6.33. The Bertz CT molecular complexity index is 2910. The zero-order valence-electron chi connectivity index (χ0n) is 37.9. The number of nitrogens with two attached hydrogens (primary N) is 1. The number of piperidine rings is 1. The number of halogens is 1. The molecule has 0 bridgehead atoms.